The molecular weight excluding hydrogens is 216 g/mol. The molecule has 0 aromatic heterocycles. The highest BCUT2D eigenvalue weighted by atomic mass is 32.3. The number of nitrogens with one attached hydrogen (secondary N) is 1. The van der Waals surface area contributed by atoms with Crippen molar-refractivity contribution in [3.8, 4) is 0 Å². The van der Waals surface area contributed by atoms with Gasteiger partial charge in [-0.15, -0.1) is 0 Å². The molecule has 0 amide bonds. The van der Waals surface area contributed by atoms with Crippen LogP contribution in [0.3, 0.4) is 0 Å². The van der Waals surface area contributed by atoms with Gasteiger partial charge < -0.3 is 9.47 Å². The van der Waals surface area contributed by atoms with Gasteiger partial charge in [0, 0.05) is 13.7 Å². The van der Waals surface area contributed by atoms with Crippen molar-refractivity contribution in [1.29, 1.82) is 0 Å². The molecule has 0 aliphatic heterocycles. The zero-order valence-electron chi connectivity index (χ0n) is 7.84. The lowest BCUT2D eigenvalue weighted by molar-refractivity contribution is 0.0721. The van der Waals surface area contributed by atoms with E-state index in [2.05, 4.69) is 5.43 Å². The van der Waals surface area contributed by atoms with Crippen molar-refractivity contribution in [2.24, 2.45) is 5.84 Å². The molecule has 0 bridgehead atoms. The maximum Gasteiger partial charge on any atom is 0.394 e. The fourth-order valence-corrected chi connectivity index (χ4v) is 0.375. The maximum absolute atomic E-state index is 8.74. The molecule has 0 radical (unpaired) electrons. The van der Waals surface area contributed by atoms with Crippen LogP contribution in [-0.4, -0.2) is 51.0 Å². The average molecular weight is 232 g/mol. The molecule has 0 aromatic rings. The van der Waals surface area contributed by atoms with Gasteiger partial charge >= 0.3 is 10.4 Å². The van der Waals surface area contributed by atoms with E-state index in [1.165, 1.54) is 0 Å². The Morgan fingerprint density at radius 3 is 2.14 bits per heavy atom. The van der Waals surface area contributed by atoms with Crippen LogP contribution in [0.2, 0.25) is 0 Å². The molecule has 8 nitrogen and oxygen atoms in total. The van der Waals surface area contributed by atoms with Gasteiger partial charge in [-0.05, 0) is 0 Å². The fourth-order valence-electron chi connectivity index (χ4n) is 0.375. The van der Waals surface area contributed by atoms with Gasteiger partial charge in [-0.3, -0.25) is 20.4 Å². The van der Waals surface area contributed by atoms with Crippen LogP contribution < -0.4 is 11.3 Å². The highest BCUT2D eigenvalue weighted by Crippen LogP contribution is 1.72. The van der Waals surface area contributed by atoms with Gasteiger partial charge in [0.1, 0.15) is 0 Å². The molecule has 0 aliphatic rings. The monoisotopic (exact) mass is 232 g/mol. The summed E-state index contributed by atoms with van der Waals surface area (Å²) in [6.07, 6.45) is 0. The molecular formula is C5H16N2O6S. The van der Waals surface area contributed by atoms with Crippen molar-refractivity contribution in [1.82, 2.24) is 5.43 Å². The van der Waals surface area contributed by atoms with Gasteiger partial charge in [0.05, 0.1) is 19.8 Å². The summed E-state index contributed by atoms with van der Waals surface area (Å²) < 4.78 is 41.4. The lowest BCUT2D eigenvalue weighted by atomic mass is 10.7. The van der Waals surface area contributed by atoms with E-state index in [0.717, 1.165) is 0 Å². The number of ether oxygens (including phenoxy) is 2. The summed E-state index contributed by atoms with van der Waals surface area (Å²) in [5, 5.41) is 0. The summed E-state index contributed by atoms with van der Waals surface area (Å²) in [6, 6.07) is 0. The molecule has 0 aliphatic carbocycles. The van der Waals surface area contributed by atoms with E-state index >= 15 is 0 Å². The maximum atomic E-state index is 8.74. The van der Waals surface area contributed by atoms with Crippen molar-refractivity contribution in [3.05, 3.63) is 0 Å². The summed E-state index contributed by atoms with van der Waals surface area (Å²) >= 11 is 0. The molecule has 0 saturated heterocycles. The predicted octanol–water partition coefficient (Wildman–Crippen LogP) is -1.54. The van der Waals surface area contributed by atoms with Crippen LogP contribution >= 0.6 is 0 Å². The fraction of sp³-hybridized carbons (Fsp3) is 1.00. The Balaban J connectivity index is 0. The Labute approximate surface area is 82.9 Å². The molecule has 0 rings (SSSR count). The first-order valence-electron chi connectivity index (χ1n) is 3.61. The van der Waals surface area contributed by atoms with Gasteiger partial charge in [-0.2, -0.15) is 8.42 Å². The van der Waals surface area contributed by atoms with Crippen molar-refractivity contribution < 1.29 is 27.0 Å². The second-order valence-corrected chi connectivity index (χ2v) is 2.90. The Kier molecular flexibility index (Phi) is 12.4. The standard InChI is InChI=1S/C5H14N2O2.H2O4S/c1-8-4-5-9-3-2-7-6;1-5(2,3)4/h7H,2-6H2,1H3;(H2,1,2,3,4). The summed E-state index contributed by atoms with van der Waals surface area (Å²) in [6.45, 7) is 2.60. The quantitative estimate of drug-likeness (QED) is 0.187. The first-order chi connectivity index (χ1) is 6.41. The summed E-state index contributed by atoms with van der Waals surface area (Å²) in [7, 11) is -3.02. The minimum atomic E-state index is -4.67. The third-order valence-corrected chi connectivity index (χ3v) is 0.823. The Morgan fingerprint density at radius 1 is 1.29 bits per heavy atom. The molecule has 0 heterocycles. The zero-order chi connectivity index (χ0) is 11.4. The smallest absolute Gasteiger partial charge is 0.382 e. The van der Waals surface area contributed by atoms with E-state index in [9.17, 15) is 0 Å². The van der Waals surface area contributed by atoms with Crippen LogP contribution in [0.15, 0.2) is 0 Å². The molecule has 14 heavy (non-hydrogen) atoms. The molecule has 88 valence electrons. The van der Waals surface area contributed by atoms with Gasteiger partial charge in [-0.25, -0.2) is 0 Å². The highest BCUT2D eigenvalue weighted by molar-refractivity contribution is 7.79. The van der Waals surface area contributed by atoms with Gasteiger partial charge in [0.15, 0.2) is 0 Å². The lowest BCUT2D eigenvalue weighted by Gasteiger charge is -2.00. The van der Waals surface area contributed by atoms with Crippen LogP contribution in [0.25, 0.3) is 0 Å². The molecule has 0 spiro atoms. The number of methoxy groups -OCH3 is 1. The largest absolute Gasteiger partial charge is 0.394 e. The van der Waals surface area contributed by atoms with Gasteiger partial charge in [-0.1, -0.05) is 0 Å². The Bertz CT molecular complexity index is 180. The van der Waals surface area contributed by atoms with E-state index in [1.807, 2.05) is 0 Å². The number of hydrazine groups is 1. The van der Waals surface area contributed by atoms with E-state index in [-0.39, 0.29) is 0 Å². The van der Waals surface area contributed by atoms with E-state index in [0.29, 0.717) is 26.4 Å². The first-order valence-corrected chi connectivity index (χ1v) is 5.01. The summed E-state index contributed by atoms with van der Waals surface area (Å²) in [4.78, 5) is 0. The van der Waals surface area contributed by atoms with E-state index in [1.54, 1.807) is 7.11 Å². The van der Waals surface area contributed by atoms with Crippen LogP contribution in [0.1, 0.15) is 0 Å². The number of hydrogen-bond acceptors (Lipinski definition) is 6. The second kappa shape index (κ2) is 10.8. The van der Waals surface area contributed by atoms with Crippen LogP contribution in [0.5, 0.6) is 0 Å². The van der Waals surface area contributed by atoms with Crippen molar-refractivity contribution in [2.75, 3.05) is 33.5 Å². The SMILES string of the molecule is COCCOCCNN.O=S(=O)(O)O. The van der Waals surface area contributed by atoms with Crippen LogP contribution in [0.4, 0.5) is 0 Å². The third-order valence-electron chi connectivity index (χ3n) is 0.823. The molecule has 0 fully saturated rings. The summed E-state index contributed by atoms with van der Waals surface area (Å²) in [5.74, 6) is 4.98. The molecule has 0 atom stereocenters. The molecule has 9 heteroatoms. The molecule has 0 aromatic carbocycles. The van der Waals surface area contributed by atoms with E-state index in [4.69, 9.17) is 32.8 Å². The van der Waals surface area contributed by atoms with Crippen molar-refractivity contribution in [2.45, 2.75) is 0 Å². The number of hydrogen-bond donors (Lipinski definition) is 4. The normalized spacial score (nSPS) is 10.6. The van der Waals surface area contributed by atoms with Gasteiger partial charge in [0.25, 0.3) is 0 Å². The highest BCUT2D eigenvalue weighted by Gasteiger charge is 1.85. The van der Waals surface area contributed by atoms with E-state index < -0.39 is 10.4 Å². The molecule has 0 saturated carbocycles. The number of nitrogens with two attached hydrogens (primary N) is 1. The Hall–Kier alpha value is -0.290. The summed E-state index contributed by atoms with van der Waals surface area (Å²) in [5.41, 5.74) is 2.48. The minimum Gasteiger partial charge on any atom is -0.382 e. The predicted molar refractivity (Wildman–Crippen MR) is 49.1 cm³/mol. The molecule has 0 unspecified atom stereocenters. The third kappa shape index (κ3) is 41.2. The second-order valence-electron chi connectivity index (χ2n) is 2.01. The van der Waals surface area contributed by atoms with Crippen LogP contribution in [-0.2, 0) is 19.9 Å². The van der Waals surface area contributed by atoms with Crippen molar-refractivity contribution in [3.63, 3.8) is 0 Å². The zero-order valence-corrected chi connectivity index (χ0v) is 8.66. The average Bonchev–Trinajstić information content (AvgIpc) is 2.01. The molecule has 5 N–H and O–H groups in total. The topological polar surface area (TPSA) is 131 Å². The lowest BCUT2D eigenvalue weighted by Crippen LogP contribution is -2.26. The van der Waals surface area contributed by atoms with Crippen molar-refractivity contribution >= 4 is 10.4 Å². The Morgan fingerprint density at radius 2 is 1.79 bits per heavy atom. The van der Waals surface area contributed by atoms with Crippen LogP contribution in [0, 0.1) is 0 Å². The number of rotatable bonds is 6. The van der Waals surface area contributed by atoms with Gasteiger partial charge in [0.2, 0.25) is 0 Å². The first kappa shape index (κ1) is 16.2. The minimum absolute atomic E-state index is 0.637.